The van der Waals surface area contributed by atoms with Gasteiger partial charge in [0.15, 0.2) is 0 Å². The zero-order valence-electron chi connectivity index (χ0n) is 6.41. The number of hydrogen-bond acceptors (Lipinski definition) is 1. The van der Waals surface area contributed by atoms with Crippen LogP contribution in [0, 0.1) is 0 Å². The molecule has 54 valence electrons. The molecule has 1 aliphatic heterocycles. The van der Waals surface area contributed by atoms with E-state index < -0.39 is 0 Å². The molecule has 0 spiro atoms. The van der Waals surface area contributed by atoms with Crippen LogP contribution in [-0.4, -0.2) is 25.2 Å². The second kappa shape index (κ2) is 2.67. The Hall–Kier alpha value is -0.0800. The van der Waals surface area contributed by atoms with Crippen LogP contribution in [-0.2, 0) is 0 Å². The van der Waals surface area contributed by atoms with Crippen LogP contribution in [0.25, 0.3) is 0 Å². The first-order valence-electron chi connectivity index (χ1n) is 3.76. The molecule has 1 saturated heterocycles. The van der Waals surface area contributed by atoms with Crippen LogP contribution >= 0.6 is 0 Å². The molecule has 9 heavy (non-hydrogen) atoms. The first-order valence-corrected chi connectivity index (χ1v) is 3.76. The average Bonchev–Trinajstić information content (AvgIpc) is 1.92. The Labute approximate surface area is 57.0 Å². The standard InChI is InChI=1S/C7H16N2/c1-7(2)3-4-8-5-6-9-7/h8-9H,3-6H2,1-2H3/p+1. The van der Waals surface area contributed by atoms with Gasteiger partial charge >= 0.3 is 0 Å². The fraction of sp³-hybridized carbons (Fsp3) is 1.00. The van der Waals surface area contributed by atoms with Gasteiger partial charge in [-0.3, -0.25) is 0 Å². The SMILES string of the molecule is CC1(C)CCNCC[NH2+]1. The number of rotatable bonds is 0. The second-order valence-corrected chi connectivity index (χ2v) is 3.48. The Morgan fingerprint density at radius 2 is 2.11 bits per heavy atom. The summed E-state index contributed by atoms with van der Waals surface area (Å²) in [5, 5.41) is 5.80. The van der Waals surface area contributed by atoms with Crippen molar-refractivity contribution >= 4 is 0 Å². The molecular weight excluding hydrogens is 112 g/mol. The number of nitrogens with one attached hydrogen (secondary N) is 1. The lowest BCUT2D eigenvalue weighted by Gasteiger charge is -2.18. The molecular formula is C7H17N2+. The summed E-state index contributed by atoms with van der Waals surface area (Å²) in [7, 11) is 0. The predicted molar refractivity (Wildman–Crippen MR) is 38.4 cm³/mol. The summed E-state index contributed by atoms with van der Waals surface area (Å²) < 4.78 is 0. The minimum atomic E-state index is 0.476. The van der Waals surface area contributed by atoms with E-state index in [1.165, 1.54) is 26.1 Å². The smallest absolute Gasteiger partial charge is 0.0917 e. The molecule has 1 rings (SSSR count). The maximum Gasteiger partial charge on any atom is 0.0917 e. The van der Waals surface area contributed by atoms with E-state index in [2.05, 4.69) is 24.5 Å². The van der Waals surface area contributed by atoms with E-state index in [0.717, 1.165) is 0 Å². The van der Waals surface area contributed by atoms with E-state index in [1.54, 1.807) is 0 Å². The van der Waals surface area contributed by atoms with Gasteiger partial charge in [0, 0.05) is 19.5 Å². The van der Waals surface area contributed by atoms with Gasteiger partial charge in [-0.1, -0.05) is 0 Å². The fourth-order valence-electron chi connectivity index (χ4n) is 1.20. The van der Waals surface area contributed by atoms with Crippen LogP contribution in [0.2, 0.25) is 0 Å². The van der Waals surface area contributed by atoms with Crippen molar-refractivity contribution in [1.82, 2.24) is 5.32 Å². The largest absolute Gasteiger partial charge is 0.341 e. The van der Waals surface area contributed by atoms with Crippen molar-refractivity contribution in [3.8, 4) is 0 Å². The van der Waals surface area contributed by atoms with Crippen LogP contribution in [0.1, 0.15) is 20.3 Å². The summed E-state index contributed by atoms with van der Waals surface area (Å²) in [4.78, 5) is 0. The topological polar surface area (TPSA) is 28.6 Å². The normalized spacial score (nSPS) is 27.3. The van der Waals surface area contributed by atoms with Crippen LogP contribution < -0.4 is 10.6 Å². The monoisotopic (exact) mass is 129 g/mol. The highest BCUT2D eigenvalue weighted by atomic mass is 15.0. The molecule has 0 unspecified atom stereocenters. The van der Waals surface area contributed by atoms with Crippen molar-refractivity contribution in [3.05, 3.63) is 0 Å². The van der Waals surface area contributed by atoms with Gasteiger partial charge in [0.2, 0.25) is 0 Å². The van der Waals surface area contributed by atoms with Gasteiger partial charge in [0.1, 0.15) is 0 Å². The predicted octanol–water partition coefficient (Wildman–Crippen LogP) is -0.678. The van der Waals surface area contributed by atoms with Gasteiger partial charge in [0.05, 0.1) is 12.1 Å². The molecule has 0 aliphatic carbocycles. The van der Waals surface area contributed by atoms with E-state index in [9.17, 15) is 0 Å². The van der Waals surface area contributed by atoms with Crippen LogP contribution in [0.4, 0.5) is 0 Å². The highest BCUT2D eigenvalue weighted by Crippen LogP contribution is 2.00. The Kier molecular flexibility index (Phi) is 2.09. The Bertz CT molecular complexity index is 78.9. The molecule has 3 N–H and O–H groups in total. The zero-order chi connectivity index (χ0) is 6.74. The number of hydrogen-bond donors (Lipinski definition) is 2. The summed E-state index contributed by atoms with van der Waals surface area (Å²) >= 11 is 0. The van der Waals surface area contributed by atoms with Crippen molar-refractivity contribution < 1.29 is 5.32 Å². The van der Waals surface area contributed by atoms with Gasteiger partial charge in [-0.25, -0.2) is 0 Å². The Morgan fingerprint density at radius 1 is 1.33 bits per heavy atom. The second-order valence-electron chi connectivity index (χ2n) is 3.48. The van der Waals surface area contributed by atoms with E-state index >= 15 is 0 Å². The molecule has 0 saturated carbocycles. The van der Waals surface area contributed by atoms with Gasteiger partial charge in [-0.05, 0) is 13.8 Å². The fourth-order valence-corrected chi connectivity index (χ4v) is 1.20. The third-order valence-electron chi connectivity index (χ3n) is 1.96. The van der Waals surface area contributed by atoms with E-state index in [1.807, 2.05) is 0 Å². The summed E-state index contributed by atoms with van der Waals surface area (Å²) in [6, 6.07) is 0. The third kappa shape index (κ3) is 2.33. The lowest BCUT2D eigenvalue weighted by molar-refractivity contribution is -0.717. The molecule has 0 amide bonds. The van der Waals surface area contributed by atoms with E-state index in [0.29, 0.717) is 5.54 Å². The Balaban J connectivity index is 2.36. The number of quaternary nitrogens is 1. The van der Waals surface area contributed by atoms with Crippen molar-refractivity contribution in [2.45, 2.75) is 25.8 Å². The molecule has 1 aliphatic rings. The van der Waals surface area contributed by atoms with Gasteiger partial charge in [-0.2, -0.15) is 0 Å². The maximum atomic E-state index is 3.37. The molecule has 0 atom stereocenters. The van der Waals surface area contributed by atoms with Gasteiger partial charge in [0.25, 0.3) is 0 Å². The first kappa shape index (κ1) is 7.03. The molecule has 2 heteroatoms. The Morgan fingerprint density at radius 3 is 2.89 bits per heavy atom. The molecule has 0 aromatic heterocycles. The van der Waals surface area contributed by atoms with Crippen molar-refractivity contribution in [2.75, 3.05) is 19.6 Å². The summed E-state index contributed by atoms with van der Waals surface area (Å²) in [5.41, 5.74) is 0.476. The lowest BCUT2D eigenvalue weighted by atomic mass is 10.0. The first-order chi connectivity index (χ1) is 4.21. The highest BCUT2D eigenvalue weighted by Gasteiger charge is 2.21. The van der Waals surface area contributed by atoms with Crippen LogP contribution in [0.3, 0.4) is 0 Å². The highest BCUT2D eigenvalue weighted by molar-refractivity contribution is 4.68. The molecule has 1 heterocycles. The minimum absolute atomic E-state index is 0.476. The van der Waals surface area contributed by atoms with E-state index in [4.69, 9.17) is 0 Å². The molecule has 0 aromatic carbocycles. The summed E-state index contributed by atoms with van der Waals surface area (Å²) in [6.45, 7) is 8.19. The van der Waals surface area contributed by atoms with Gasteiger partial charge < -0.3 is 10.6 Å². The molecule has 0 radical (unpaired) electrons. The molecule has 1 fully saturated rings. The molecule has 0 aromatic rings. The zero-order valence-corrected chi connectivity index (χ0v) is 6.41. The van der Waals surface area contributed by atoms with Crippen LogP contribution in [0.15, 0.2) is 0 Å². The lowest BCUT2D eigenvalue weighted by Crippen LogP contribution is -2.95. The maximum absolute atomic E-state index is 3.37. The summed E-state index contributed by atoms with van der Waals surface area (Å²) in [6.07, 6.45) is 1.28. The molecule has 0 bridgehead atoms. The molecule has 2 nitrogen and oxygen atoms in total. The van der Waals surface area contributed by atoms with Crippen LogP contribution in [0.5, 0.6) is 0 Å². The van der Waals surface area contributed by atoms with Crippen molar-refractivity contribution in [2.24, 2.45) is 0 Å². The summed E-state index contributed by atoms with van der Waals surface area (Å²) in [5.74, 6) is 0. The third-order valence-corrected chi connectivity index (χ3v) is 1.96. The minimum Gasteiger partial charge on any atom is -0.341 e. The van der Waals surface area contributed by atoms with Gasteiger partial charge in [-0.15, -0.1) is 0 Å². The number of nitrogens with two attached hydrogens (primary N) is 1. The average molecular weight is 129 g/mol. The van der Waals surface area contributed by atoms with Crippen molar-refractivity contribution in [1.29, 1.82) is 0 Å². The van der Waals surface area contributed by atoms with Crippen molar-refractivity contribution in [3.63, 3.8) is 0 Å². The van der Waals surface area contributed by atoms with E-state index in [-0.39, 0.29) is 0 Å². The quantitative estimate of drug-likeness (QED) is 0.446.